The largest absolute Gasteiger partial charge is 0.469 e. The van der Waals surface area contributed by atoms with Gasteiger partial charge in [-0.2, -0.15) is 0 Å². The minimum Gasteiger partial charge on any atom is -0.469 e. The van der Waals surface area contributed by atoms with Crippen LogP contribution in [0.2, 0.25) is 0 Å². The van der Waals surface area contributed by atoms with Crippen LogP contribution in [0.3, 0.4) is 0 Å². The molecule has 1 aromatic rings. The molecular formula is C11H20N2O. The van der Waals surface area contributed by atoms with Crippen molar-refractivity contribution in [2.24, 2.45) is 0 Å². The highest BCUT2D eigenvalue weighted by Gasteiger charge is 2.06. The van der Waals surface area contributed by atoms with Crippen molar-refractivity contribution in [2.45, 2.75) is 19.9 Å². The fourth-order valence-electron chi connectivity index (χ4n) is 1.49. The Bertz CT molecular complexity index is 258. The van der Waals surface area contributed by atoms with Gasteiger partial charge in [0.05, 0.1) is 6.26 Å². The van der Waals surface area contributed by atoms with Crippen molar-refractivity contribution in [1.82, 2.24) is 10.2 Å². The summed E-state index contributed by atoms with van der Waals surface area (Å²) in [5.74, 6) is 1.11. The Hall–Kier alpha value is -0.800. The van der Waals surface area contributed by atoms with Gasteiger partial charge in [0.15, 0.2) is 0 Å². The normalized spacial score (nSPS) is 11.1. The van der Waals surface area contributed by atoms with E-state index in [1.807, 2.05) is 7.05 Å². The summed E-state index contributed by atoms with van der Waals surface area (Å²) < 4.78 is 5.38. The second-order valence-corrected chi connectivity index (χ2v) is 3.56. The maximum Gasteiger partial charge on any atom is 0.107 e. The molecule has 0 bridgehead atoms. The monoisotopic (exact) mass is 196 g/mol. The van der Waals surface area contributed by atoms with Crippen LogP contribution in [0.25, 0.3) is 0 Å². The average Bonchev–Trinajstić information content (AvgIpc) is 2.62. The maximum absolute atomic E-state index is 5.38. The van der Waals surface area contributed by atoms with Gasteiger partial charge in [-0.25, -0.2) is 0 Å². The number of rotatable bonds is 6. The van der Waals surface area contributed by atoms with Crippen molar-refractivity contribution in [3.05, 3.63) is 23.7 Å². The van der Waals surface area contributed by atoms with Crippen molar-refractivity contribution in [3.63, 3.8) is 0 Å². The van der Waals surface area contributed by atoms with Crippen molar-refractivity contribution in [3.8, 4) is 0 Å². The van der Waals surface area contributed by atoms with Crippen LogP contribution in [0.1, 0.15) is 18.2 Å². The Labute approximate surface area is 86.1 Å². The zero-order chi connectivity index (χ0) is 10.4. The lowest BCUT2D eigenvalue weighted by Crippen LogP contribution is -2.27. The lowest BCUT2D eigenvalue weighted by Gasteiger charge is -2.15. The summed E-state index contributed by atoms with van der Waals surface area (Å²) in [6, 6.07) is 2.06. The summed E-state index contributed by atoms with van der Waals surface area (Å²) >= 11 is 0. The Kier molecular flexibility index (Phi) is 4.70. The van der Waals surface area contributed by atoms with Gasteiger partial charge in [0.2, 0.25) is 0 Å². The maximum atomic E-state index is 5.38. The van der Waals surface area contributed by atoms with Crippen molar-refractivity contribution >= 4 is 0 Å². The first-order chi connectivity index (χ1) is 6.77. The van der Waals surface area contributed by atoms with Crippen LogP contribution in [0, 0.1) is 0 Å². The first-order valence-electron chi connectivity index (χ1n) is 5.16. The standard InChI is InChI=1S/C11H20N2O/c1-4-11-10(5-8-14-11)9-13(3)7-6-12-2/h5,8,12H,4,6-7,9H2,1-3H3. The summed E-state index contributed by atoms with van der Waals surface area (Å²) in [6.45, 7) is 5.18. The molecule has 0 fully saturated rings. The third-order valence-electron chi connectivity index (χ3n) is 2.34. The van der Waals surface area contributed by atoms with E-state index in [4.69, 9.17) is 4.42 Å². The van der Waals surface area contributed by atoms with Gasteiger partial charge in [0, 0.05) is 31.6 Å². The number of aryl methyl sites for hydroxylation is 1. The highest BCUT2D eigenvalue weighted by molar-refractivity contribution is 5.16. The van der Waals surface area contributed by atoms with Crippen molar-refractivity contribution < 1.29 is 4.42 Å². The molecule has 0 amide bonds. The van der Waals surface area contributed by atoms with E-state index in [9.17, 15) is 0 Å². The molecule has 0 unspecified atom stereocenters. The highest BCUT2D eigenvalue weighted by atomic mass is 16.3. The summed E-state index contributed by atoms with van der Waals surface area (Å²) in [4.78, 5) is 2.29. The highest BCUT2D eigenvalue weighted by Crippen LogP contribution is 2.12. The molecular weight excluding hydrogens is 176 g/mol. The van der Waals surface area contributed by atoms with Gasteiger partial charge in [0.1, 0.15) is 5.76 Å². The molecule has 1 aromatic heterocycles. The van der Waals surface area contributed by atoms with Gasteiger partial charge < -0.3 is 14.6 Å². The van der Waals surface area contributed by atoms with Gasteiger partial charge in [-0.15, -0.1) is 0 Å². The molecule has 0 aromatic carbocycles. The molecule has 0 spiro atoms. The molecule has 0 saturated heterocycles. The Morgan fingerprint density at radius 1 is 1.50 bits per heavy atom. The third kappa shape index (κ3) is 3.16. The lowest BCUT2D eigenvalue weighted by atomic mass is 10.2. The van der Waals surface area contributed by atoms with E-state index in [1.165, 1.54) is 5.56 Å². The molecule has 3 heteroatoms. The SMILES string of the molecule is CCc1occc1CN(C)CCNC. The van der Waals surface area contributed by atoms with Gasteiger partial charge in [-0.1, -0.05) is 6.92 Å². The van der Waals surface area contributed by atoms with E-state index in [1.54, 1.807) is 6.26 Å². The third-order valence-corrected chi connectivity index (χ3v) is 2.34. The zero-order valence-corrected chi connectivity index (χ0v) is 9.34. The van der Waals surface area contributed by atoms with Gasteiger partial charge in [-0.05, 0) is 20.2 Å². The minimum absolute atomic E-state index is 0.974. The number of nitrogens with zero attached hydrogens (tertiary/aromatic N) is 1. The van der Waals surface area contributed by atoms with Gasteiger partial charge in [-0.3, -0.25) is 0 Å². The van der Waals surface area contributed by atoms with Crippen LogP contribution in [0.15, 0.2) is 16.7 Å². The Morgan fingerprint density at radius 2 is 2.29 bits per heavy atom. The number of hydrogen-bond acceptors (Lipinski definition) is 3. The lowest BCUT2D eigenvalue weighted by molar-refractivity contribution is 0.324. The number of hydrogen-bond donors (Lipinski definition) is 1. The molecule has 14 heavy (non-hydrogen) atoms. The van der Waals surface area contributed by atoms with E-state index in [2.05, 4.69) is 30.3 Å². The molecule has 0 atom stereocenters. The van der Waals surface area contributed by atoms with Crippen LogP contribution >= 0.6 is 0 Å². The fourth-order valence-corrected chi connectivity index (χ4v) is 1.49. The molecule has 80 valence electrons. The topological polar surface area (TPSA) is 28.4 Å². The molecule has 0 aliphatic heterocycles. The van der Waals surface area contributed by atoms with Gasteiger partial charge >= 0.3 is 0 Å². The summed E-state index contributed by atoms with van der Waals surface area (Å²) in [5, 5.41) is 3.14. The molecule has 0 aliphatic rings. The predicted molar refractivity (Wildman–Crippen MR) is 58.3 cm³/mol. The summed E-state index contributed by atoms with van der Waals surface area (Å²) in [7, 11) is 4.10. The first-order valence-corrected chi connectivity index (χ1v) is 5.16. The number of furan rings is 1. The second-order valence-electron chi connectivity index (χ2n) is 3.56. The van der Waals surface area contributed by atoms with Crippen LogP contribution in [0.4, 0.5) is 0 Å². The van der Waals surface area contributed by atoms with E-state index in [0.29, 0.717) is 0 Å². The van der Waals surface area contributed by atoms with Crippen LogP contribution in [-0.2, 0) is 13.0 Å². The van der Waals surface area contributed by atoms with E-state index in [0.717, 1.165) is 31.8 Å². The van der Waals surface area contributed by atoms with E-state index >= 15 is 0 Å². The molecule has 1 heterocycles. The fraction of sp³-hybridized carbons (Fsp3) is 0.636. The van der Waals surface area contributed by atoms with E-state index in [-0.39, 0.29) is 0 Å². The Morgan fingerprint density at radius 3 is 2.93 bits per heavy atom. The first kappa shape index (κ1) is 11.3. The smallest absolute Gasteiger partial charge is 0.107 e. The zero-order valence-electron chi connectivity index (χ0n) is 9.34. The number of nitrogens with one attached hydrogen (secondary N) is 1. The molecule has 0 radical (unpaired) electrons. The Balaban J connectivity index is 2.42. The van der Waals surface area contributed by atoms with Gasteiger partial charge in [0.25, 0.3) is 0 Å². The van der Waals surface area contributed by atoms with Crippen LogP contribution < -0.4 is 5.32 Å². The predicted octanol–water partition coefficient (Wildman–Crippen LogP) is 1.49. The second kappa shape index (κ2) is 5.83. The van der Waals surface area contributed by atoms with Crippen LogP contribution in [-0.4, -0.2) is 32.1 Å². The van der Waals surface area contributed by atoms with Crippen molar-refractivity contribution in [2.75, 3.05) is 27.2 Å². The number of likely N-dealkylation sites (N-methyl/N-ethyl adjacent to an activating group) is 2. The molecule has 1 rings (SSSR count). The molecule has 0 saturated carbocycles. The van der Waals surface area contributed by atoms with Crippen molar-refractivity contribution in [1.29, 1.82) is 0 Å². The summed E-state index contributed by atoms with van der Waals surface area (Å²) in [6.07, 6.45) is 2.75. The average molecular weight is 196 g/mol. The molecule has 3 nitrogen and oxygen atoms in total. The molecule has 0 aliphatic carbocycles. The minimum atomic E-state index is 0.974. The van der Waals surface area contributed by atoms with Crippen LogP contribution in [0.5, 0.6) is 0 Å². The van der Waals surface area contributed by atoms with E-state index < -0.39 is 0 Å². The summed E-state index contributed by atoms with van der Waals surface area (Å²) in [5.41, 5.74) is 1.31. The quantitative estimate of drug-likeness (QED) is 0.747. The molecule has 1 N–H and O–H groups in total.